The van der Waals surface area contributed by atoms with Crippen LogP contribution in [0.3, 0.4) is 0 Å². The minimum absolute atomic E-state index is 0.229. The fraction of sp³-hybridized carbons (Fsp3) is 0.514. The summed E-state index contributed by atoms with van der Waals surface area (Å²) in [6, 6.07) is 12.9. The number of nitrogens with zero attached hydrogens (tertiary/aromatic N) is 2. The van der Waals surface area contributed by atoms with Crippen LogP contribution in [0.1, 0.15) is 77.7 Å². The molecule has 0 aliphatic heterocycles. The number of hydrogen-bond acceptors (Lipinski definition) is 7. The Labute approximate surface area is 266 Å². The molecule has 0 unspecified atom stereocenters. The number of aryl methyl sites for hydroxylation is 1. The molecule has 1 heterocycles. The van der Waals surface area contributed by atoms with Gasteiger partial charge in [-0.15, -0.1) is 0 Å². The Balaban J connectivity index is 1.78. The molecule has 0 saturated heterocycles. The zero-order valence-corrected chi connectivity index (χ0v) is 28.0. The summed E-state index contributed by atoms with van der Waals surface area (Å²) in [5.41, 5.74) is 6.59. The molecule has 2 aromatic carbocycles. The number of carbonyl (C=O) groups excluding carboxylic acids is 3. The van der Waals surface area contributed by atoms with E-state index in [-0.39, 0.29) is 31.8 Å². The van der Waals surface area contributed by atoms with Crippen LogP contribution in [0.5, 0.6) is 11.5 Å². The Hall–Kier alpha value is -4.21. The molecule has 0 spiro atoms. The van der Waals surface area contributed by atoms with Crippen molar-refractivity contribution in [3.05, 3.63) is 59.8 Å². The first-order chi connectivity index (χ1) is 21.1. The molecule has 3 aromatic rings. The van der Waals surface area contributed by atoms with E-state index in [9.17, 15) is 14.4 Å². The topological polar surface area (TPSA) is 122 Å². The first kappa shape index (κ1) is 35.3. The van der Waals surface area contributed by atoms with Crippen LogP contribution in [-0.2, 0) is 27.2 Å². The van der Waals surface area contributed by atoms with Crippen LogP contribution in [-0.4, -0.2) is 65.4 Å². The average molecular weight is 624 g/mol. The van der Waals surface area contributed by atoms with Crippen LogP contribution in [0.15, 0.2) is 48.7 Å². The second kappa shape index (κ2) is 15.2. The van der Waals surface area contributed by atoms with E-state index < -0.39 is 23.0 Å². The van der Waals surface area contributed by atoms with Crippen molar-refractivity contribution in [2.75, 3.05) is 26.4 Å². The molecule has 0 fully saturated rings. The van der Waals surface area contributed by atoms with Crippen LogP contribution in [0.2, 0.25) is 0 Å². The lowest BCUT2D eigenvalue weighted by Gasteiger charge is -2.32. The Morgan fingerprint density at radius 1 is 0.956 bits per heavy atom. The predicted molar refractivity (Wildman–Crippen MR) is 175 cm³/mol. The molecule has 3 rings (SSSR count). The van der Waals surface area contributed by atoms with Gasteiger partial charge in [0.1, 0.15) is 12.2 Å². The lowest BCUT2D eigenvalue weighted by atomic mass is 9.97. The van der Waals surface area contributed by atoms with Gasteiger partial charge in [-0.25, -0.2) is 4.79 Å². The quantitative estimate of drug-likeness (QED) is 0.164. The second-order valence-electron chi connectivity index (χ2n) is 13.1. The number of ether oxygens (including phenoxy) is 4. The van der Waals surface area contributed by atoms with Crippen molar-refractivity contribution in [1.82, 2.24) is 9.47 Å². The number of aromatic nitrogens is 1. The molecule has 0 bridgehead atoms. The molecule has 10 heteroatoms. The van der Waals surface area contributed by atoms with Crippen molar-refractivity contribution >= 4 is 28.9 Å². The normalized spacial score (nSPS) is 12.4. The number of amides is 2. The number of rotatable bonds is 14. The van der Waals surface area contributed by atoms with Gasteiger partial charge >= 0.3 is 12.1 Å². The zero-order valence-electron chi connectivity index (χ0n) is 28.0. The van der Waals surface area contributed by atoms with E-state index in [0.29, 0.717) is 43.1 Å². The largest absolute Gasteiger partial charge is 0.490 e. The summed E-state index contributed by atoms with van der Waals surface area (Å²) in [6.45, 7) is 16.6. The van der Waals surface area contributed by atoms with Crippen LogP contribution in [0.25, 0.3) is 10.9 Å². The molecular formula is C35H49N3O7. The molecule has 1 atom stereocenters. The Bertz CT molecular complexity index is 1470. The maximum atomic E-state index is 13.3. The molecule has 2 N–H and O–H groups in total. The standard InChI is InChI=1S/C35H49N3O7/c1-9-42-28-13-10-11-14-29(28)43-20-18-38(33(41)45-35(6,7)8)24(2)21-25-22-26-15-17-37(30(26)27(23-25)31(36)39)16-12-19-44-32(40)34(3,4)5/h10-11,13-15,17,22-24H,9,12,16,18-21H2,1-8H3,(H2,36,39)/t24-/m1/s1. The number of hydrogen-bond donors (Lipinski definition) is 1. The molecule has 2 amide bonds. The van der Waals surface area contributed by atoms with Crippen molar-refractivity contribution in [2.45, 2.75) is 86.4 Å². The first-order valence-corrected chi connectivity index (χ1v) is 15.5. The molecule has 0 aliphatic rings. The van der Waals surface area contributed by atoms with Crippen LogP contribution < -0.4 is 15.2 Å². The van der Waals surface area contributed by atoms with Crippen LogP contribution >= 0.6 is 0 Å². The highest BCUT2D eigenvalue weighted by Crippen LogP contribution is 2.27. The Kier molecular flexibility index (Phi) is 11.9. The van der Waals surface area contributed by atoms with Crippen molar-refractivity contribution < 1.29 is 33.3 Å². The summed E-state index contributed by atoms with van der Waals surface area (Å²) in [6.07, 6.45) is 2.50. The van der Waals surface area contributed by atoms with E-state index in [4.69, 9.17) is 24.7 Å². The van der Waals surface area contributed by atoms with Crippen LogP contribution in [0.4, 0.5) is 4.79 Å². The number of fused-ring (bicyclic) bond motifs is 1. The molecule has 0 aliphatic carbocycles. The molecule has 0 radical (unpaired) electrons. The van der Waals surface area contributed by atoms with Gasteiger partial charge in [0.15, 0.2) is 11.5 Å². The van der Waals surface area contributed by atoms with E-state index >= 15 is 0 Å². The average Bonchev–Trinajstić information content (AvgIpc) is 3.34. The summed E-state index contributed by atoms with van der Waals surface area (Å²) in [5.74, 6) is 0.448. The van der Waals surface area contributed by atoms with E-state index in [1.807, 2.05) is 103 Å². The monoisotopic (exact) mass is 623 g/mol. The number of esters is 1. The molecule has 1 aromatic heterocycles. The minimum Gasteiger partial charge on any atom is -0.490 e. The lowest BCUT2D eigenvalue weighted by Crippen LogP contribution is -2.45. The third-order valence-electron chi connectivity index (χ3n) is 7.00. The SMILES string of the molecule is CCOc1ccccc1OCCN(C(=O)OC(C)(C)C)[C@H](C)Cc1cc(C(N)=O)c2c(ccn2CCCOC(=O)C(C)(C)C)c1. The molecule has 246 valence electrons. The Morgan fingerprint density at radius 2 is 1.62 bits per heavy atom. The minimum atomic E-state index is -0.677. The van der Waals surface area contributed by atoms with E-state index in [0.717, 1.165) is 16.5 Å². The van der Waals surface area contributed by atoms with Gasteiger partial charge < -0.3 is 34.1 Å². The molecule has 45 heavy (non-hydrogen) atoms. The maximum absolute atomic E-state index is 13.3. The Morgan fingerprint density at radius 3 is 2.22 bits per heavy atom. The molecule has 0 saturated carbocycles. The maximum Gasteiger partial charge on any atom is 0.410 e. The highest BCUT2D eigenvalue weighted by atomic mass is 16.6. The summed E-state index contributed by atoms with van der Waals surface area (Å²) in [7, 11) is 0. The van der Waals surface area contributed by atoms with Gasteiger partial charge in [0, 0.05) is 24.2 Å². The number of primary amides is 1. The summed E-state index contributed by atoms with van der Waals surface area (Å²) >= 11 is 0. The van der Waals surface area contributed by atoms with Gasteiger partial charge in [-0.1, -0.05) is 12.1 Å². The van der Waals surface area contributed by atoms with E-state index in [1.165, 1.54) is 0 Å². The fourth-order valence-electron chi connectivity index (χ4n) is 4.88. The number of benzene rings is 2. The summed E-state index contributed by atoms with van der Waals surface area (Å²) in [5, 5.41) is 0.861. The lowest BCUT2D eigenvalue weighted by molar-refractivity contribution is -0.153. The molecule has 10 nitrogen and oxygen atoms in total. The van der Waals surface area contributed by atoms with Crippen LogP contribution in [0, 0.1) is 5.41 Å². The summed E-state index contributed by atoms with van der Waals surface area (Å²) in [4.78, 5) is 39.7. The number of para-hydroxylation sites is 2. The van der Waals surface area contributed by atoms with E-state index in [1.54, 1.807) is 11.0 Å². The summed E-state index contributed by atoms with van der Waals surface area (Å²) < 4.78 is 24.8. The van der Waals surface area contributed by atoms with Gasteiger partial charge in [-0.3, -0.25) is 9.59 Å². The fourth-order valence-corrected chi connectivity index (χ4v) is 4.88. The van der Waals surface area contributed by atoms with Gasteiger partial charge in [0.25, 0.3) is 5.91 Å². The van der Waals surface area contributed by atoms with Gasteiger partial charge in [0.2, 0.25) is 0 Å². The van der Waals surface area contributed by atoms with Gasteiger partial charge in [-0.05, 0) is 104 Å². The smallest absolute Gasteiger partial charge is 0.410 e. The van der Waals surface area contributed by atoms with Gasteiger partial charge in [-0.2, -0.15) is 0 Å². The van der Waals surface area contributed by atoms with Gasteiger partial charge in [0.05, 0.1) is 36.3 Å². The first-order valence-electron chi connectivity index (χ1n) is 15.5. The van der Waals surface area contributed by atoms with Crippen molar-refractivity contribution in [3.63, 3.8) is 0 Å². The molecular weight excluding hydrogens is 574 g/mol. The van der Waals surface area contributed by atoms with Crippen molar-refractivity contribution in [3.8, 4) is 11.5 Å². The number of carbonyl (C=O) groups is 3. The third-order valence-corrected chi connectivity index (χ3v) is 7.00. The van der Waals surface area contributed by atoms with E-state index in [2.05, 4.69) is 0 Å². The number of nitrogens with two attached hydrogens (primary N) is 1. The zero-order chi connectivity index (χ0) is 33.4. The highest BCUT2D eigenvalue weighted by molar-refractivity contribution is 6.05. The highest BCUT2D eigenvalue weighted by Gasteiger charge is 2.27. The van der Waals surface area contributed by atoms with Crippen molar-refractivity contribution in [1.29, 1.82) is 0 Å². The predicted octanol–water partition coefficient (Wildman–Crippen LogP) is 6.37. The van der Waals surface area contributed by atoms with Crippen molar-refractivity contribution in [2.24, 2.45) is 11.1 Å². The third kappa shape index (κ3) is 10.2. The second-order valence-corrected chi connectivity index (χ2v) is 13.1.